The van der Waals surface area contributed by atoms with Crippen LogP contribution in [0.25, 0.3) is 0 Å². The Hall–Kier alpha value is -0.610. The van der Waals surface area contributed by atoms with Crippen LogP contribution in [0.4, 0.5) is 0 Å². The average Bonchev–Trinajstić information content (AvgIpc) is 2.26. The predicted octanol–water partition coefficient (Wildman–Crippen LogP) is 2.88. The third-order valence-corrected chi connectivity index (χ3v) is 4.31. The Kier molecular flexibility index (Phi) is 5.40. The van der Waals surface area contributed by atoms with Gasteiger partial charge in [0.2, 0.25) is 0 Å². The molecule has 0 spiro atoms. The van der Waals surface area contributed by atoms with Gasteiger partial charge in [-0.2, -0.15) is 0 Å². The smallest absolute Gasteiger partial charge is 0.188 e. The Labute approximate surface area is 109 Å². The molecule has 2 unspecified atom stereocenters. The largest absolute Gasteiger partial charge is 0.313 e. The lowest BCUT2D eigenvalue weighted by Gasteiger charge is -2.19. The number of rotatable bonds is 5. The van der Waals surface area contributed by atoms with Gasteiger partial charge >= 0.3 is 0 Å². The molecule has 0 aliphatic rings. The van der Waals surface area contributed by atoms with Crippen molar-refractivity contribution in [3.05, 3.63) is 17.0 Å². The van der Waals surface area contributed by atoms with Crippen molar-refractivity contribution in [1.82, 2.24) is 15.3 Å². The molecule has 4 heteroatoms. The number of aryl methyl sites for hydroxylation is 2. The topological polar surface area (TPSA) is 37.8 Å². The Morgan fingerprint density at radius 3 is 2.12 bits per heavy atom. The molecule has 0 aliphatic heterocycles. The summed E-state index contributed by atoms with van der Waals surface area (Å²) in [5.41, 5.74) is 3.37. The molecule has 1 heterocycles. The first-order chi connectivity index (χ1) is 7.95. The van der Waals surface area contributed by atoms with Crippen LogP contribution in [-0.2, 0) is 0 Å². The van der Waals surface area contributed by atoms with Crippen molar-refractivity contribution in [2.75, 3.05) is 6.54 Å². The zero-order chi connectivity index (χ0) is 13.0. The number of aromatic nitrogens is 2. The van der Waals surface area contributed by atoms with Gasteiger partial charge in [0.1, 0.15) is 0 Å². The van der Waals surface area contributed by atoms with Gasteiger partial charge in [0.15, 0.2) is 5.16 Å². The molecule has 0 saturated carbocycles. The molecule has 1 aromatic rings. The molecule has 3 nitrogen and oxygen atoms in total. The zero-order valence-electron chi connectivity index (χ0n) is 11.7. The fourth-order valence-corrected chi connectivity index (χ4v) is 2.56. The molecular formula is C13H23N3S. The molecule has 0 saturated heterocycles. The maximum atomic E-state index is 4.54. The number of hydrogen-bond donors (Lipinski definition) is 1. The quantitative estimate of drug-likeness (QED) is 0.647. The third kappa shape index (κ3) is 3.96. The van der Waals surface area contributed by atoms with Crippen molar-refractivity contribution in [3.8, 4) is 0 Å². The van der Waals surface area contributed by atoms with Crippen LogP contribution in [0, 0.1) is 20.8 Å². The van der Waals surface area contributed by atoms with Gasteiger partial charge in [-0.1, -0.05) is 25.6 Å². The van der Waals surface area contributed by atoms with Crippen LogP contribution in [-0.4, -0.2) is 27.8 Å². The van der Waals surface area contributed by atoms with Crippen LogP contribution < -0.4 is 5.32 Å². The second-order valence-corrected chi connectivity index (χ2v) is 5.82. The number of nitrogens with zero attached hydrogens (tertiary/aromatic N) is 2. The van der Waals surface area contributed by atoms with E-state index in [4.69, 9.17) is 0 Å². The summed E-state index contributed by atoms with van der Waals surface area (Å²) in [7, 11) is 0. The lowest BCUT2D eigenvalue weighted by Crippen LogP contribution is -2.33. The van der Waals surface area contributed by atoms with Crippen LogP contribution in [0.2, 0.25) is 0 Å². The van der Waals surface area contributed by atoms with E-state index >= 15 is 0 Å². The van der Waals surface area contributed by atoms with E-state index < -0.39 is 0 Å². The molecule has 2 atom stereocenters. The number of nitrogens with one attached hydrogen (secondary N) is 1. The highest BCUT2D eigenvalue weighted by Crippen LogP contribution is 2.23. The average molecular weight is 253 g/mol. The van der Waals surface area contributed by atoms with E-state index in [9.17, 15) is 0 Å². The monoisotopic (exact) mass is 253 g/mol. The van der Waals surface area contributed by atoms with Gasteiger partial charge in [-0.15, -0.1) is 0 Å². The maximum absolute atomic E-state index is 4.54. The van der Waals surface area contributed by atoms with Crippen LogP contribution in [0.15, 0.2) is 5.16 Å². The number of hydrogen-bond acceptors (Lipinski definition) is 4. The second-order valence-electron chi connectivity index (χ2n) is 4.47. The molecule has 1 rings (SSSR count). The molecule has 1 N–H and O–H groups in total. The molecule has 0 amide bonds. The van der Waals surface area contributed by atoms with Gasteiger partial charge in [0.25, 0.3) is 0 Å². The summed E-state index contributed by atoms with van der Waals surface area (Å²) in [4.78, 5) is 9.08. The highest BCUT2D eigenvalue weighted by atomic mass is 32.2. The van der Waals surface area contributed by atoms with Gasteiger partial charge in [-0.05, 0) is 39.8 Å². The molecule has 0 bridgehead atoms. The maximum Gasteiger partial charge on any atom is 0.188 e. The van der Waals surface area contributed by atoms with Crippen molar-refractivity contribution in [2.24, 2.45) is 0 Å². The molecule has 96 valence electrons. The van der Waals surface area contributed by atoms with Gasteiger partial charge in [-0.3, -0.25) is 0 Å². The molecule has 1 aromatic heterocycles. The SMILES string of the molecule is CCNC(C)C(C)Sc1nc(C)c(C)c(C)n1. The van der Waals surface area contributed by atoms with Crippen molar-refractivity contribution in [3.63, 3.8) is 0 Å². The van der Waals surface area contributed by atoms with Gasteiger partial charge < -0.3 is 5.32 Å². The summed E-state index contributed by atoms with van der Waals surface area (Å²) in [5, 5.41) is 4.79. The molecule has 17 heavy (non-hydrogen) atoms. The van der Waals surface area contributed by atoms with Gasteiger partial charge in [0, 0.05) is 22.7 Å². The van der Waals surface area contributed by atoms with Crippen molar-refractivity contribution >= 4 is 11.8 Å². The number of thioether (sulfide) groups is 1. The Balaban J connectivity index is 2.75. The van der Waals surface area contributed by atoms with Crippen molar-refractivity contribution in [1.29, 1.82) is 0 Å². The van der Waals surface area contributed by atoms with E-state index in [0.29, 0.717) is 11.3 Å². The first kappa shape index (κ1) is 14.5. The first-order valence-electron chi connectivity index (χ1n) is 6.17. The molecule has 0 radical (unpaired) electrons. The molecule has 0 aromatic carbocycles. The van der Waals surface area contributed by atoms with Crippen LogP contribution in [0.1, 0.15) is 37.7 Å². The summed E-state index contributed by atoms with van der Waals surface area (Å²) in [6.45, 7) is 13.7. The predicted molar refractivity (Wildman–Crippen MR) is 74.7 cm³/mol. The minimum atomic E-state index is 0.468. The Morgan fingerprint density at radius 2 is 1.65 bits per heavy atom. The van der Waals surface area contributed by atoms with Crippen LogP contribution in [0.5, 0.6) is 0 Å². The standard InChI is InChI=1S/C13H23N3S/c1-7-14-11(5)12(6)17-13-15-9(3)8(2)10(4)16-13/h11-12,14H,7H2,1-6H3. The van der Waals surface area contributed by atoms with Crippen molar-refractivity contribution in [2.45, 2.75) is 58.0 Å². The fourth-order valence-electron chi connectivity index (χ4n) is 1.55. The highest BCUT2D eigenvalue weighted by molar-refractivity contribution is 7.99. The zero-order valence-corrected chi connectivity index (χ0v) is 12.5. The van der Waals surface area contributed by atoms with E-state index in [1.165, 1.54) is 5.56 Å². The van der Waals surface area contributed by atoms with E-state index in [0.717, 1.165) is 23.1 Å². The second kappa shape index (κ2) is 6.36. The Bertz CT molecular complexity index is 356. The minimum absolute atomic E-state index is 0.468. The summed E-state index contributed by atoms with van der Waals surface area (Å²) >= 11 is 1.74. The highest BCUT2D eigenvalue weighted by Gasteiger charge is 2.15. The lowest BCUT2D eigenvalue weighted by molar-refractivity contribution is 0.562. The summed E-state index contributed by atoms with van der Waals surface area (Å²) in [6.07, 6.45) is 0. The van der Waals surface area contributed by atoms with E-state index in [2.05, 4.69) is 43.0 Å². The van der Waals surface area contributed by atoms with E-state index in [1.807, 2.05) is 13.8 Å². The first-order valence-corrected chi connectivity index (χ1v) is 7.05. The lowest BCUT2D eigenvalue weighted by atomic mass is 10.2. The van der Waals surface area contributed by atoms with Crippen LogP contribution in [0.3, 0.4) is 0 Å². The van der Waals surface area contributed by atoms with Gasteiger partial charge in [-0.25, -0.2) is 9.97 Å². The third-order valence-electron chi connectivity index (χ3n) is 3.13. The minimum Gasteiger partial charge on any atom is -0.313 e. The summed E-state index contributed by atoms with van der Waals surface area (Å²) < 4.78 is 0. The van der Waals surface area contributed by atoms with E-state index in [1.54, 1.807) is 11.8 Å². The Morgan fingerprint density at radius 1 is 1.12 bits per heavy atom. The summed E-state index contributed by atoms with van der Waals surface area (Å²) in [5.74, 6) is 0. The molecule has 0 fully saturated rings. The fraction of sp³-hybridized carbons (Fsp3) is 0.692. The van der Waals surface area contributed by atoms with E-state index in [-0.39, 0.29) is 0 Å². The summed E-state index contributed by atoms with van der Waals surface area (Å²) in [6, 6.07) is 0.468. The molecular weight excluding hydrogens is 230 g/mol. The molecule has 0 aliphatic carbocycles. The van der Waals surface area contributed by atoms with Crippen LogP contribution >= 0.6 is 11.8 Å². The van der Waals surface area contributed by atoms with Gasteiger partial charge in [0.05, 0.1) is 0 Å². The van der Waals surface area contributed by atoms with Crippen molar-refractivity contribution < 1.29 is 0 Å². The normalized spacial score (nSPS) is 14.7.